The molecule has 100 valence electrons. The van der Waals surface area contributed by atoms with Gasteiger partial charge in [0.1, 0.15) is 5.75 Å². The molecule has 0 saturated carbocycles. The van der Waals surface area contributed by atoms with E-state index in [9.17, 15) is 4.79 Å². The summed E-state index contributed by atoms with van der Waals surface area (Å²) in [4.78, 5) is 11.6. The highest BCUT2D eigenvalue weighted by molar-refractivity contribution is 5.77. The molecule has 0 aliphatic rings. The van der Waals surface area contributed by atoms with Crippen molar-refractivity contribution in [1.82, 2.24) is 15.5 Å². The van der Waals surface area contributed by atoms with Crippen molar-refractivity contribution in [3.8, 4) is 5.75 Å². The molecule has 2 rings (SSSR count). The number of ether oxygens (including phenoxy) is 1. The van der Waals surface area contributed by atoms with Gasteiger partial charge < -0.3 is 15.8 Å². The number of nitrogens with zero attached hydrogens (tertiary/aromatic N) is 1. The molecule has 0 fully saturated rings. The second-order valence-corrected chi connectivity index (χ2v) is 3.98. The highest BCUT2D eigenvalue weighted by Gasteiger charge is 2.05. The average Bonchev–Trinajstić information content (AvgIpc) is 2.96. The predicted molar refractivity (Wildman–Crippen MR) is 70.3 cm³/mol. The Morgan fingerprint density at radius 2 is 2.26 bits per heavy atom. The van der Waals surface area contributed by atoms with E-state index in [0.717, 1.165) is 11.1 Å². The Balaban J connectivity index is 1.80. The number of benzene rings is 1. The zero-order chi connectivity index (χ0) is 13.5. The van der Waals surface area contributed by atoms with E-state index in [1.807, 2.05) is 18.2 Å². The molecule has 0 aliphatic carbocycles. The number of nitrogens with two attached hydrogens (primary N) is 1. The predicted octanol–water partition coefficient (Wildman–Crippen LogP) is 0.564. The maximum absolute atomic E-state index is 11.6. The Morgan fingerprint density at radius 3 is 3.00 bits per heavy atom. The first-order valence-corrected chi connectivity index (χ1v) is 5.94. The molecule has 0 saturated heterocycles. The van der Waals surface area contributed by atoms with Crippen LogP contribution in [0, 0.1) is 0 Å². The largest absolute Gasteiger partial charge is 0.483 e. The SMILES string of the molecule is NCc1ccccc1OCC(=O)NCc1cn[nH]c1. The zero-order valence-electron chi connectivity index (χ0n) is 10.4. The van der Waals surface area contributed by atoms with Gasteiger partial charge in [-0.15, -0.1) is 0 Å². The second kappa shape index (κ2) is 6.55. The van der Waals surface area contributed by atoms with Crippen LogP contribution in [0.1, 0.15) is 11.1 Å². The van der Waals surface area contributed by atoms with E-state index in [0.29, 0.717) is 18.8 Å². The number of aromatic nitrogens is 2. The maximum Gasteiger partial charge on any atom is 0.258 e. The fourth-order valence-electron chi connectivity index (χ4n) is 1.58. The van der Waals surface area contributed by atoms with Crippen LogP contribution in [0.15, 0.2) is 36.7 Å². The highest BCUT2D eigenvalue weighted by Crippen LogP contribution is 2.16. The van der Waals surface area contributed by atoms with Crippen molar-refractivity contribution in [2.75, 3.05) is 6.61 Å². The van der Waals surface area contributed by atoms with Crippen molar-refractivity contribution >= 4 is 5.91 Å². The van der Waals surface area contributed by atoms with Crippen LogP contribution in [0.3, 0.4) is 0 Å². The molecule has 0 spiro atoms. The Labute approximate surface area is 111 Å². The zero-order valence-corrected chi connectivity index (χ0v) is 10.4. The van der Waals surface area contributed by atoms with E-state index < -0.39 is 0 Å². The number of amides is 1. The Hall–Kier alpha value is -2.34. The van der Waals surface area contributed by atoms with E-state index in [4.69, 9.17) is 10.5 Å². The first-order valence-electron chi connectivity index (χ1n) is 5.94. The molecule has 0 atom stereocenters. The third-order valence-electron chi connectivity index (χ3n) is 2.60. The molecule has 0 bridgehead atoms. The van der Waals surface area contributed by atoms with E-state index in [2.05, 4.69) is 15.5 Å². The third kappa shape index (κ3) is 3.82. The van der Waals surface area contributed by atoms with Crippen LogP contribution in [0.25, 0.3) is 0 Å². The van der Waals surface area contributed by atoms with Gasteiger partial charge in [-0.1, -0.05) is 18.2 Å². The summed E-state index contributed by atoms with van der Waals surface area (Å²) in [6, 6.07) is 7.40. The number of para-hydroxylation sites is 1. The van der Waals surface area contributed by atoms with Crippen LogP contribution in [0.2, 0.25) is 0 Å². The monoisotopic (exact) mass is 260 g/mol. The van der Waals surface area contributed by atoms with Gasteiger partial charge in [0.2, 0.25) is 0 Å². The minimum Gasteiger partial charge on any atom is -0.483 e. The first kappa shape index (κ1) is 13.1. The van der Waals surface area contributed by atoms with E-state index in [1.54, 1.807) is 18.5 Å². The normalized spacial score (nSPS) is 10.2. The maximum atomic E-state index is 11.6. The summed E-state index contributed by atoms with van der Waals surface area (Å²) in [7, 11) is 0. The third-order valence-corrected chi connectivity index (χ3v) is 2.60. The molecule has 0 aliphatic heterocycles. The average molecular weight is 260 g/mol. The molecule has 0 unspecified atom stereocenters. The van der Waals surface area contributed by atoms with Crippen LogP contribution in [-0.2, 0) is 17.9 Å². The van der Waals surface area contributed by atoms with Gasteiger partial charge in [0.15, 0.2) is 6.61 Å². The Morgan fingerprint density at radius 1 is 1.42 bits per heavy atom. The Kier molecular flexibility index (Phi) is 4.52. The molecule has 2 aromatic rings. The number of carbonyl (C=O) groups is 1. The molecule has 19 heavy (non-hydrogen) atoms. The van der Waals surface area contributed by atoms with E-state index >= 15 is 0 Å². The summed E-state index contributed by atoms with van der Waals surface area (Å²) >= 11 is 0. The van der Waals surface area contributed by atoms with E-state index in [1.165, 1.54) is 0 Å². The van der Waals surface area contributed by atoms with Crippen LogP contribution >= 0.6 is 0 Å². The minimum absolute atomic E-state index is 0.0329. The van der Waals surface area contributed by atoms with Crippen molar-refractivity contribution < 1.29 is 9.53 Å². The summed E-state index contributed by atoms with van der Waals surface area (Å²) < 4.78 is 5.44. The fraction of sp³-hybridized carbons (Fsp3) is 0.231. The minimum atomic E-state index is -0.187. The summed E-state index contributed by atoms with van der Waals surface area (Å²) in [6.07, 6.45) is 3.38. The number of nitrogens with one attached hydrogen (secondary N) is 2. The molecule has 6 nitrogen and oxygen atoms in total. The summed E-state index contributed by atoms with van der Waals surface area (Å²) in [6.45, 7) is 0.777. The molecule has 1 aromatic carbocycles. The molecular formula is C13H16N4O2. The van der Waals surface area contributed by atoms with Crippen LogP contribution in [-0.4, -0.2) is 22.7 Å². The summed E-state index contributed by atoms with van der Waals surface area (Å²) in [5.74, 6) is 0.455. The molecule has 4 N–H and O–H groups in total. The van der Waals surface area contributed by atoms with Gasteiger partial charge >= 0.3 is 0 Å². The second-order valence-electron chi connectivity index (χ2n) is 3.98. The number of carbonyl (C=O) groups excluding carboxylic acids is 1. The van der Waals surface area contributed by atoms with Gasteiger partial charge in [-0.2, -0.15) is 5.10 Å². The van der Waals surface area contributed by atoms with Gasteiger partial charge in [0, 0.05) is 30.4 Å². The van der Waals surface area contributed by atoms with Crippen LogP contribution < -0.4 is 15.8 Å². The highest BCUT2D eigenvalue weighted by atomic mass is 16.5. The lowest BCUT2D eigenvalue weighted by molar-refractivity contribution is -0.123. The van der Waals surface area contributed by atoms with Crippen molar-refractivity contribution in [2.45, 2.75) is 13.1 Å². The number of rotatable bonds is 6. The van der Waals surface area contributed by atoms with Crippen LogP contribution in [0.5, 0.6) is 5.75 Å². The number of aromatic amines is 1. The number of hydrogen-bond acceptors (Lipinski definition) is 4. The molecule has 6 heteroatoms. The van der Waals surface area contributed by atoms with Crippen LogP contribution in [0.4, 0.5) is 0 Å². The lowest BCUT2D eigenvalue weighted by atomic mass is 10.2. The van der Waals surface area contributed by atoms with Crippen molar-refractivity contribution in [3.05, 3.63) is 47.8 Å². The molecule has 1 aromatic heterocycles. The quantitative estimate of drug-likeness (QED) is 0.707. The molecule has 0 radical (unpaired) electrons. The lowest BCUT2D eigenvalue weighted by Crippen LogP contribution is -2.28. The van der Waals surface area contributed by atoms with Crippen molar-refractivity contribution in [2.24, 2.45) is 5.73 Å². The van der Waals surface area contributed by atoms with E-state index in [-0.39, 0.29) is 12.5 Å². The molecule has 1 amide bonds. The van der Waals surface area contributed by atoms with Gasteiger partial charge in [0.25, 0.3) is 5.91 Å². The Bertz CT molecular complexity index is 525. The van der Waals surface area contributed by atoms with Gasteiger partial charge in [-0.05, 0) is 6.07 Å². The standard InChI is InChI=1S/C13H16N4O2/c14-5-11-3-1-2-4-12(11)19-9-13(18)15-6-10-7-16-17-8-10/h1-4,7-8H,5-6,9,14H2,(H,15,18)(H,16,17). The van der Waals surface area contributed by atoms with Crippen molar-refractivity contribution in [1.29, 1.82) is 0 Å². The topological polar surface area (TPSA) is 93.0 Å². The fourth-order valence-corrected chi connectivity index (χ4v) is 1.58. The smallest absolute Gasteiger partial charge is 0.258 e. The van der Waals surface area contributed by atoms with Gasteiger partial charge in [-0.3, -0.25) is 9.89 Å². The molecule has 1 heterocycles. The summed E-state index contributed by atoms with van der Waals surface area (Å²) in [5.41, 5.74) is 7.38. The lowest BCUT2D eigenvalue weighted by Gasteiger charge is -2.10. The molecular weight excluding hydrogens is 244 g/mol. The first-order chi connectivity index (χ1) is 9.29. The number of H-pyrrole nitrogens is 1. The number of hydrogen-bond donors (Lipinski definition) is 3. The van der Waals surface area contributed by atoms with Crippen molar-refractivity contribution in [3.63, 3.8) is 0 Å². The van der Waals surface area contributed by atoms with Gasteiger partial charge in [-0.25, -0.2) is 0 Å². The van der Waals surface area contributed by atoms with Gasteiger partial charge in [0.05, 0.1) is 6.20 Å². The summed E-state index contributed by atoms with van der Waals surface area (Å²) in [5, 5.41) is 9.21.